The molecule has 0 fully saturated rings. The first-order valence-corrected chi connectivity index (χ1v) is 6.78. The molecule has 4 heteroatoms. The normalized spacial score (nSPS) is 10.4. The first-order chi connectivity index (χ1) is 10.3. The van der Waals surface area contributed by atoms with E-state index in [0.717, 1.165) is 22.6 Å². The minimum Gasteiger partial charge on any atom is -0.497 e. The molecule has 0 aliphatic rings. The monoisotopic (exact) mass is 284 g/mol. The fraction of sp³-hybridized carbons (Fsp3) is 0.176. The van der Waals surface area contributed by atoms with Crippen LogP contribution in [0.3, 0.4) is 0 Å². The average Bonchev–Trinajstić information content (AvgIpc) is 2.57. The Labute approximate surface area is 125 Å². The Hall–Kier alpha value is -2.62. The number of hydrogen-bond donors (Lipinski definition) is 1. The smallest absolute Gasteiger partial charge is 0.118 e. The molecule has 0 amide bonds. The van der Waals surface area contributed by atoms with Crippen molar-refractivity contribution in [3.63, 3.8) is 0 Å². The largest absolute Gasteiger partial charge is 0.497 e. The van der Waals surface area contributed by atoms with Crippen LogP contribution in [0.25, 0.3) is 12.2 Å². The third kappa shape index (κ3) is 5.10. The van der Waals surface area contributed by atoms with Gasteiger partial charge in [-0.3, -0.25) is 4.98 Å². The van der Waals surface area contributed by atoms with Crippen LogP contribution in [0.2, 0.25) is 0 Å². The van der Waals surface area contributed by atoms with Gasteiger partial charge in [0.05, 0.1) is 19.0 Å². The molecule has 0 aliphatic carbocycles. The van der Waals surface area contributed by atoms with Crippen molar-refractivity contribution in [1.29, 1.82) is 0 Å². The van der Waals surface area contributed by atoms with Crippen LogP contribution in [0, 0.1) is 0 Å². The Morgan fingerprint density at radius 1 is 1.10 bits per heavy atom. The minimum atomic E-state index is 0.746. The first-order valence-electron chi connectivity index (χ1n) is 6.78. The molecule has 2 aromatic rings. The van der Waals surface area contributed by atoms with Gasteiger partial charge < -0.3 is 9.94 Å². The molecule has 0 saturated heterocycles. The summed E-state index contributed by atoms with van der Waals surface area (Å²) in [5.41, 5.74) is 2.55. The van der Waals surface area contributed by atoms with Gasteiger partial charge in [-0.15, -0.1) is 0 Å². The molecule has 1 aromatic carbocycles. The first kappa shape index (κ1) is 16.4. The van der Waals surface area contributed by atoms with Crippen LogP contribution < -0.4 is 4.74 Å². The van der Waals surface area contributed by atoms with E-state index in [-0.39, 0.29) is 0 Å². The fourth-order valence-electron chi connectivity index (χ4n) is 1.63. The summed E-state index contributed by atoms with van der Waals surface area (Å²) in [4.78, 5) is 4.23. The third-order valence-electron chi connectivity index (χ3n) is 2.62. The van der Waals surface area contributed by atoms with E-state index >= 15 is 0 Å². The van der Waals surface area contributed by atoms with E-state index in [4.69, 9.17) is 9.94 Å². The summed E-state index contributed by atoms with van der Waals surface area (Å²) >= 11 is 0. The molecule has 4 nitrogen and oxygen atoms in total. The average molecular weight is 284 g/mol. The zero-order valence-electron chi connectivity index (χ0n) is 12.5. The second-order valence-corrected chi connectivity index (χ2v) is 3.83. The van der Waals surface area contributed by atoms with Crippen molar-refractivity contribution in [3.05, 3.63) is 59.4 Å². The number of oxime groups is 1. The van der Waals surface area contributed by atoms with E-state index in [2.05, 4.69) is 10.1 Å². The van der Waals surface area contributed by atoms with Crippen molar-refractivity contribution in [2.75, 3.05) is 7.11 Å². The quantitative estimate of drug-likeness (QED) is 0.522. The zero-order chi connectivity index (χ0) is 15.5. The second-order valence-electron chi connectivity index (χ2n) is 3.83. The standard InChI is InChI=1S/C15H14N2O2.C2H6/c1-19-14-7-4-12(5-8-14)6-9-15-13(11-17-18)3-2-10-16-15;1-2/h2-11,18H,1H3;1-2H3/b9-6+,17-11+;. The Balaban J connectivity index is 0.00000106. The number of rotatable bonds is 4. The van der Waals surface area contributed by atoms with Crippen molar-refractivity contribution in [2.24, 2.45) is 5.16 Å². The highest BCUT2D eigenvalue weighted by Gasteiger charge is 1.97. The highest BCUT2D eigenvalue weighted by molar-refractivity contribution is 5.86. The summed E-state index contributed by atoms with van der Waals surface area (Å²) in [5.74, 6) is 0.822. The molecule has 110 valence electrons. The van der Waals surface area contributed by atoms with Gasteiger partial charge in [0, 0.05) is 11.8 Å². The number of aromatic nitrogens is 1. The number of nitrogens with zero attached hydrogens (tertiary/aromatic N) is 2. The molecule has 0 saturated carbocycles. The van der Waals surface area contributed by atoms with Crippen LogP contribution in [0.5, 0.6) is 5.75 Å². The lowest BCUT2D eigenvalue weighted by Crippen LogP contribution is -1.89. The summed E-state index contributed by atoms with van der Waals surface area (Å²) in [6.45, 7) is 4.00. The Morgan fingerprint density at radius 2 is 1.81 bits per heavy atom. The summed E-state index contributed by atoms with van der Waals surface area (Å²) in [6.07, 6.45) is 6.87. The number of methoxy groups -OCH3 is 1. The zero-order valence-corrected chi connectivity index (χ0v) is 12.5. The predicted molar refractivity (Wildman–Crippen MR) is 86.9 cm³/mol. The molecule has 0 aliphatic heterocycles. The van der Waals surface area contributed by atoms with E-state index in [9.17, 15) is 0 Å². The summed E-state index contributed by atoms with van der Waals surface area (Å²) in [6, 6.07) is 11.3. The minimum absolute atomic E-state index is 0.746. The van der Waals surface area contributed by atoms with Gasteiger partial charge in [-0.25, -0.2) is 0 Å². The van der Waals surface area contributed by atoms with Crippen LogP contribution in [-0.2, 0) is 0 Å². The molecule has 1 aromatic heterocycles. The van der Waals surface area contributed by atoms with Gasteiger partial charge in [-0.2, -0.15) is 0 Å². The molecule has 0 radical (unpaired) electrons. The van der Waals surface area contributed by atoms with Gasteiger partial charge in [0.1, 0.15) is 5.75 Å². The summed E-state index contributed by atoms with van der Waals surface area (Å²) < 4.78 is 5.10. The van der Waals surface area contributed by atoms with Crippen molar-refractivity contribution in [2.45, 2.75) is 13.8 Å². The predicted octanol–water partition coefficient (Wildman–Crippen LogP) is 4.09. The lowest BCUT2D eigenvalue weighted by molar-refractivity contribution is 0.322. The van der Waals surface area contributed by atoms with Crippen LogP contribution >= 0.6 is 0 Å². The molecule has 0 bridgehead atoms. The van der Waals surface area contributed by atoms with Gasteiger partial charge in [-0.05, 0) is 35.9 Å². The van der Waals surface area contributed by atoms with E-state index < -0.39 is 0 Å². The van der Waals surface area contributed by atoms with Crippen molar-refractivity contribution >= 4 is 18.4 Å². The molecule has 21 heavy (non-hydrogen) atoms. The van der Waals surface area contributed by atoms with E-state index in [1.165, 1.54) is 6.21 Å². The summed E-state index contributed by atoms with van der Waals surface area (Å²) in [7, 11) is 1.64. The maximum absolute atomic E-state index is 8.59. The van der Waals surface area contributed by atoms with E-state index in [0.29, 0.717) is 0 Å². The van der Waals surface area contributed by atoms with Crippen molar-refractivity contribution in [3.8, 4) is 5.75 Å². The number of benzene rings is 1. The van der Waals surface area contributed by atoms with Gasteiger partial charge in [0.15, 0.2) is 0 Å². The third-order valence-corrected chi connectivity index (χ3v) is 2.62. The molecule has 0 atom stereocenters. The molecule has 1 heterocycles. The Kier molecular flexibility index (Phi) is 7.29. The van der Waals surface area contributed by atoms with Crippen LogP contribution in [0.4, 0.5) is 0 Å². The molecular formula is C17H20N2O2. The second kappa shape index (κ2) is 9.31. The number of ether oxygens (including phenoxy) is 1. The van der Waals surface area contributed by atoms with Crippen LogP contribution in [0.1, 0.15) is 30.7 Å². The number of hydrogen-bond acceptors (Lipinski definition) is 4. The van der Waals surface area contributed by atoms with Crippen LogP contribution in [0.15, 0.2) is 47.8 Å². The lowest BCUT2D eigenvalue weighted by atomic mass is 10.1. The maximum atomic E-state index is 8.59. The summed E-state index contributed by atoms with van der Waals surface area (Å²) in [5, 5.41) is 11.6. The van der Waals surface area contributed by atoms with E-state index in [1.54, 1.807) is 19.4 Å². The van der Waals surface area contributed by atoms with E-state index in [1.807, 2.05) is 56.3 Å². The SMILES string of the molecule is CC.COc1ccc(/C=C/c2ncccc2/C=N/O)cc1. The Morgan fingerprint density at radius 3 is 2.43 bits per heavy atom. The van der Waals surface area contributed by atoms with Crippen molar-refractivity contribution in [1.82, 2.24) is 4.98 Å². The molecule has 0 unspecified atom stereocenters. The van der Waals surface area contributed by atoms with Gasteiger partial charge in [0.25, 0.3) is 0 Å². The lowest BCUT2D eigenvalue weighted by Gasteiger charge is -2.00. The highest BCUT2D eigenvalue weighted by Crippen LogP contribution is 2.14. The fourth-order valence-corrected chi connectivity index (χ4v) is 1.63. The van der Waals surface area contributed by atoms with Gasteiger partial charge in [0.2, 0.25) is 0 Å². The molecule has 1 N–H and O–H groups in total. The van der Waals surface area contributed by atoms with Crippen molar-refractivity contribution < 1.29 is 9.94 Å². The topological polar surface area (TPSA) is 54.7 Å². The highest BCUT2D eigenvalue weighted by atomic mass is 16.5. The number of pyridine rings is 1. The van der Waals surface area contributed by atoms with Gasteiger partial charge >= 0.3 is 0 Å². The molecule has 2 rings (SSSR count). The van der Waals surface area contributed by atoms with Gasteiger partial charge in [-0.1, -0.05) is 37.2 Å². The maximum Gasteiger partial charge on any atom is 0.118 e. The Bertz CT molecular complexity index is 590. The molecule has 0 spiro atoms. The van der Waals surface area contributed by atoms with Crippen LogP contribution in [-0.4, -0.2) is 23.5 Å². The molecular weight excluding hydrogens is 264 g/mol.